The maximum atomic E-state index is 12.1. The number of hydrogen-bond acceptors (Lipinski definition) is 3. The van der Waals surface area contributed by atoms with Crippen molar-refractivity contribution in [3.63, 3.8) is 0 Å². The highest BCUT2D eigenvalue weighted by Crippen LogP contribution is 2.33. The standard InChI is InChI=1S/C14H19NO3S/c1-3-8-15-19(17,18)13-9-12(5-4-10(13)2)14(16)11-6-7-11/h4-5,9,11,15H,3,6-8H2,1-2H3. The van der Waals surface area contributed by atoms with Gasteiger partial charge in [-0.2, -0.15) is 0 Å². The van der Waals surface area contributed by atoms with Crippen LogP contribution in [0.4, 0.5) is 0 Å². The molecule has 1 saturated carbocycles. The summed E-state index contributed by atoms with van der Waals surface area (Å²) >= 11 is 0. The summed E-state index contributed by atoms with van der Waals surface area (Å²) in [7, 11) is -3.52. The van der Waals surface area contributed by atoms with Gasteiger partial charge < -0.3 is 0 Å². The van der Waals surface area contributed by atoms with Gasteiger partial charge in [-0.15, -0.1) is 0 Å². The summed E-state index contributed by atoms with van der Waals surface area (Å²) < 4.78 is 26.8. The summed E-state index contributed by atoms with van der Waals surface area (Å²) in [5.74, 6) is 0.161. The van der Waals surface area contributed by atoms with Gasteiger partial charge in [0, 0.05) is 18.0 Å². The van der Waals surface area contributed by atoms with E-state index >= 15 is 0 Å². The maximum Gasteiger partial charge on any atom is 0.240 e. The van der Waals surface area contributed by atoms with Gasteiger partial charge in [0.2, 0.25) is 10.0 Å². The zero-order valence-corrected chi connectivity index (χ0v) is 12.1. The number of Topliss-reactive ketones (excluding diaryl/α,β-unsaturated/α-hetero) is 1. The Hall–Kier alpha value is -1.20. The van der Waals surface area contributed by atoms with Crippen molar-refractivity contribution < 1.29 is 13.2 Å². The third kappa shape index (κ3) is 3.22. The lowest BCUT2D eigenvalue weighted by molar-refractivity contribution is 0.0967. The molecule has 0 radical (unpaired) electrons. The monoisotopic (exact) mass is 281 g/mol. The Morgan fingerprint density at radius 3 is 2.63 bits per heavy atom. The van der Waals surface area contributed by atoms with Crippen molar-refractivity contribution in [2.75, 3.05) is 6.54 Å². The number of carbonyl (C=O) groups excluding carboxylic acids is 1. The molecule has 19 heavy (non-hydrogen) atoms. The number of ketones is 1. The molecule has 2 rings (SSSR count). The molecule has 4 nitrogen and oxygen atoms in total. The van der Waals surface area contributed by atoms with E-state index in [1.807, 2.05) is 6.92 Å². The fourth-order valence-electron chi connectivity index (χ4n) is 1.94. The second-order valence-corrected chi connectivity index (χ2v) is 6.75. The summed E-state index contributed by atoms with van der Waals surface area (Å²) in [6, 6.07) is 4.93. The fourth-order valence-corrected chi connectivity index (χ4v) is 3.34. The van der Waals surface area contributed by atoms with Crippen molar-refractivity contribution in [3.05, 3.63) is 29.3 Å². The van der Waals surface area contributed by atoms with E-state index in [4.69, 9.17) is 0 Å². The normalized spacial score (nSPS) is 15.5. The highest BCUT2D eigenvalue weighted by molar-refractivity contribution is 7.89. The molecule has 0 spiro atoms. The molecule has 0 atom stereocenters. The number of benzene rings is 1. The number of aryl methyl sites for hydroxylation is 1. The Labute approximate surface area is 114 Å². The Balaban J connectivity index is 2.33. The summed E-state index contributed by atoms with van der Waals surface area (Å²) in [5.41, 5.74) is 1.17. The lowest BCUT2D eigenvalue weighted by Gasteiger charge is -2.10. The van der Waals surface area contributed by atoms with E-state index in [2.05, 4.69) is 4.72 Å². The minimum Gasteiger partial charge on any atom is -0.294 e. The van der Waals surface area contributed by atoms with Gasteiger partial charge in [-0.05, 0) is 37.8 Å². The van der Waals surface area contributed by atoms with Crippen LogP contribution in [0, 0.1) is 12.8 Å². The van der Waals surface area contributed by atoms with Gasteiger partial charge in [-0.25, -0.2) is 13.1 Å². The first-order valence-electron chi connectivity index (χ1n) is 6.60. The molecular weight excluding hydrogens is 262 g/mol. The van der Waals surface area contributed by atoms with Crippen LogP contribution in [0.1, 0.15) is 42.1 Å². The highest BCUT2D eigenvalue weighted by Gasteiger charge is 2.31. The molecule has 0 bridgehead atoms. The van der Waals surface area contributed by atoms with Crippen LogP contribution in [-0.2, 0) is 10.0 Å². The number of rotatable bonds is 6. The van der Waals surface area contributed by atoms with E-state index in [0.29, 0.717) is 17.7 Å². The minimum atomic E-state index is -3.52. The topological polar surface area (TPSA) is 63.2 Å². The number of hydrogen-bond donors (Lipinski definition) is 1. The summed E-state index contributed by atoms with van der Waals surface area (Å²) in [5, 5.41) is 0. The van der Waals surface area contributed by atoms with Crippen molar-refractivity contribution in [2.24, 2.45) is 5.92 Å². The van der Waals surface area contributed by atoms with Crippen LogP contribution in [0.25, 0.3) is 0 Å². The molecule has 1 N–H and O–H groups in total. The summed E-state index contributed by atoms with van der Waals surface area (Å²) in [6.45, 7) is 4.05. The highest BCUT2D eigenvalue weighted by atomic mass is 32.2. The molecule has 0 heterocycles. The van der Waals surface area contributed by atoms with Crippen LogP contribution in [0.3, 0.4) is 0 Å². The molecule has 1 fully saturated rings. The van der Waals surface area contributed by atoms with Gasteiger partial charge in [-0.3, -0.25) is 4.79 Å². The zero-order chi connectivity index (χ0) is 14.0. The van der Waals surface area contributed by atoms with E-state index < -0.39 is 10.0 Å². The second kappa shape index (κ2) is 5.43. The first-order valence-corrected chi connectivity index (χ1v) is 8.08. The van der Waals surface area contributed by atoms with Crippen molar-refractivity contribution in [1.29, 1.82) is 0 Å². The molecule has 0 aromatic heterocycles. The second-order valence-electron chi connectivity index (χ2n) is 5.02. The van der Waals surface area contributed by atoms with Crippen LogP contribution >= 0.6 is 0 Å². The molecule has 0 aliphatic heterocycles. The average Bonchev–Trinajstić information content (AvgIpc) is 3.20. The quantitative estimate of drug-likeness (QED) is 0.814. The lowest BCUT2D eigenvalue weighted by Crippen LogP contribution is -2.25. The van der Waals surface area contributed by atoms with Crippen LogP contribution in [0.15, 0.2) is 23.1 Å². The third-order valence-electron chi connectivity index (χ3n) is 3.25. The van der Waals surface area contributed by atoms with Crippen molar-refractivity contribution in [2.45, 2.75) is 38.0 Å². The average molecular weight is 281 g/mol. The molecular formula is C14H19NO3S. The molecule has 1 aliphatic rings. The molecule has 5 heteroatoms. The van der Waals surface area contributed by atoms with E-state index in [9.17, 15) is 13.2 Å². The molecule has 0 unspecified atom stereocenters. The van der Waals surface area contributed by atoms with Gasteiger partial charge in [-0.1, -0.05) is 19.1 Å². The molecule has 1 aromatic carbocycles. The van der Waals surface area contributed by atoms with E-state index in [0.717, 1.165) is 19.3 Å². The molecule has 1 aromatic rings. The van der Waals surface area contributed by atoms with Crippen LogP contribution in [-0.4, -0.2) is 20.7 Å². The predicted molar refractivity (Wildman–Crippen MR) is 73.7 cm³/mol. The Kier molecular flexibility index (Phi) is 4.06. The van der Waals surface area contributed by atoms with E-state index in [1.54, 1.807) is 19.1 Å². The number of sulfonamides is 1. The van der Waals surface area contributed by atoms with Gasteiger partial charge >= 0.3 is 0 Å². The van der Waals surface area contributed by atoms with Gasteiger partial charge in [0.1, 0.15) is 0 Å². The predicted octanol–water partition coefficient (Wildman–Crippen LogP) is 2.28. The van der Waals surface area contributed by atoms with E-state index in [-0.39, 0.29) is 16.6 Å². The van der Waals surface area contributed by atoms with Crippen molar-refractivity contribution in [3.8, 4) is 0 Å². The van der Waals surface area contributed by atoms with Crippen LogP contribution < -0.4 is 4.72 Å². The Morgan fingerprint density at radius 2 is 2.05 bits per heavy atom. The van der Waals surface area contributed by atoms with Gasteiger partial charge in [0.05, 0.1) is 4.90 Å². The summed E-state index contributed by atoms with van der Waals surface area (Å²) in [6.07, 6.45) is 2.57. The Morgan fingerprint density at radius 1 is 1.37 bits per heavy atom. The smallest absolute Gasteiger partial charge is 0.240 e. The molecule has 104 valence electrons. The van der Waals surface area contributed by atoms with Crippen LogP contribution in [0.5, 0.6) is 0 Å². The maximum absolute atomic E-state index is 12.1. The van der Waals surface area contributed by atoms with Gasteiger partial charge in [0.25, 0.3) is 0 Å². The SMILES string of the molecule is CCCNS(=O)(=O)c1cc(C(=O)C2CC2)ccc1C. The number of nitrogens with one attached hydrogen (secondary N) is 1. The third-order valence-corrected chi connectivity index (χ3v) is 4.86. The molecule has 0 amide bonds. The van der Waals surface area contributed by atoms with Crippen molar-refractivity contribution in [1.82, 2.24) is 4.72 Å². The van der Waals surface area contributed by atoms with Gasteiger partial charge in [0.15, 0.2) is 5.78 Å². The van der Waals surface area contributed by atoms with Crippen LogP contribution in [0.2, 0.25) is 0 Å². The molecule has 0 saturated heterocycles. The molecule has 1 aliphatic carbocycles. The number of carbonyl (C=O) groups is 1. The first kappa shape index (κ1) is 14.2. The van der Waals surface area contributed by atoms with E-state index in [1.165, 1.54) is 6.07 Å². The minimum absolute atomic E-state index is 0.0620. The lowest BCUT2D eigenvalue weighted by atomic mass is 10.1. The zero-order valence-electron chi connectivity index (χ0n) is 11.3. The summed E-state index contributed by atoms with van der Waals surface area (Å²) in [4.78, 5) is 12.2. The first-order chi connectivity index (χ1) is 8.95. The largest absolute Gasteiger partial charge is 0.294 e. The fraction of sp³-hybridized carbons (Fsp3) is 0.500. The Bertz CT molecular complexity index is 589. The van der Waals surface area contributed by atoms with Crippen molar-refractivity contribution >= 4 is 15.8 Å².